The predicted molar refractivity (Wildman–Crippen MR) is 219 cm³/mol. The van der Waals surface area contributed by atoms with Crippen LogP contribution >= 0.6 is 11.3 Å². The zero-order chi connectivity index (χ0) is 35.3. The summed E-state index contributed by atoms with van der Waals surface area (Å²) in [6.45, 7) is 4.67. The molecule has 0 unspecified atom stereocenters. The maximum Gasteiger partial charge on any atom is 0.164 e. The number of nitrogens with zero attached hydrogens (tertiary/aromatic N) is 5. The molecule has 0 bridgehead atoms. The van der Waals surface area contributed by atoms with E-state index >= 15 is 0 Å². The van der Waals surface area contributed by atoms with Gasteiger partial charge in [-0.2, -0.15) is 0 Å². The van der Waals surface area contributed by atoms with Crippen molar-refractivity contribution in [2.24, 2.45) is 0 Å². The Hall–Kier alpha value is -6.50. The lowest BCUT2D eigenvalue weighted by atomic mass is 9.81. The smallest absolute Gasteiger partial charge is 0.164 e. The standard InChI is InChI=1S/C47H31N5S/c1-47(2)37-26-29(21-23-31(37)35-16-10-19-39(42(35)47)52-38-18-8-6-14-32(38)36-17-11-25-48-46(36)52)44-49-43(28-12-4-3-5-13-28)50-45(51-44)30-22-24-34-33-15-7-9-20-40(33)53-41(34)27-30/h3-27H,1-2H3. The third-order valence-corrected chi connectivity index (χ3v) is 12.0. The average Bonchev–Trinajstić information content (AvgIpc) is 3.83. The molecule has 250 valence electrons. The fourth-order valence-electron chi connectivity index (χ4n) is 8.43. The Labute approximate surface area is 309 Å². The van der Waals surface area contributed by atoms with Gasteiger partial charge in [0.05, 0.1) is 11.2 Å². The van der Waals surface area contributed by atoms with Gasteiger partial charge in [-0.15, -0.1) is 11.3 Å². The van der Waals surface area contributed by atoms with Gasteiger partial charge in [0.2, 0.25) is 0 Å². The lowest BCUT2D eigenvalue weighted by molar-refractivity contribution is 0.656. The van der Waals surface area contributed by atoms with E-state index in [1.165, 1.54) is 47.8 Å². The zero-order valence-electron chi connectivity index (χ0n) is 29.1. The van der Waals surface area contributed by atoms with Crippen molar-refractivity contribution in [3.05, 3.63) is 163 Å². The van der Waals surface area contributed by atoms with Gasteiger partial charge in [-0.3, -0.25) is 4.57 Å². The highest BCUT2D eigenvalue weighted by Gasteiger charge is 2.39. The van der Waals surface area contributed by atoms with Gasteiger partial charge >= 0.3 is 0 Å². The Morgan fingerprint density at radius 2 is 1.19 bits per heavy atom. The molecule has 1 aliphatic rings. The van der Waals surface area contributed by atoms with E-state index in [2.05, 4.69) is 140 Å². The Morgan fingerprint density at radius 1 is 0.509 bits per heavy atom. The molecule has 0 amide bonds. The number of fused-ring (bicyclic) bond motifs is 9. The van der Waals surface area contributed by atoms with Gasteiger partial charge < -0.3 is 0 Å². The number of hydrogen-bond donors (Lipinski definition) is 0. The normalized spacial score (nSPS) is 13.2. The first-order valence-corrected chi connectivity index (χ1v) is 18.7. The largest absolute Gasteiger partial charge is 0.294 e. The van der Waals surface area contributed by atoms with Crippen LogP contribution in [0.2, 0.25) is 0 Å². The van der Waals surface area contributed by atoms with Gasteiger partial charge in [0, 0.05) is 59.2 Å². The minimum Gasteiger partial charge on any atom is -0.294 e. The van der Waals surface area contributed by atoms with Crippen molar-refractivity contribution >= 4 is 53.4 Å². The van der Waals surface area contributed by atoms with Gasteiger partial charge in [0.25, 0.3) is 0 Å². The SMILES string of the molecule is CC1(C)c2cc(-c3nc(-c4ccccc4)nc(-c4ccc5c(c4)sc4ccccc45)n3)ccc2-c2cccc(-n3c4ccccc4c4cccnc43)c21. The van der Waals surface area contributed by atoms with Crippen molar-refractivity contribution in [1.29, 1.82) is 0 Å². The van der Waals surface area contributed by atoms with Crippen LogP contribution in [-0.2, 0) is 5.41 Å². The number of para-hydroxylation sites is 1. The van der Waals surface area contributed by atoms with E-state index in [9.17, 15) is 0 Å². The van der Waals surface area contributed by atoms with Crippen LogP contribution in [0.1, 0.15) is 25.0 Å². The second kappa shape index (κ2) is 11.2. The highest BCUT2D eigenvalue weighted by atomic mass is 32.1. The number of thiophene rings is 1. The summed E-state index contributed by atoms with van der Waals surface area (Å²) in [7, 11) is 0. The second-order valence-electron chi connectivity index (χ2n) is 14.3. The molecule has 11 rings (SSSR count). The summed E-state index contributed by atoms with van der Waals surface area (Å²) in [4.78, 5) is 20.3. The third-order valence-electron chi connectivity index (χ3n) is 10.9. The summed E-state index contributed by atoms with van der Waals surface area (Å²) in [5, 5.41) is 4.89. The van der Waals surface area contributed by atoms with E-state index in [-0.39, 0.29) is 5.41 Å². The molecule has 0 radical (unpaired) electrons. The first kappa shape index (κ1) is 30.2. The number of aromatic nitrogens is 5. The van der Waals surface area contributed by atoms with Crippen LogP contribution in [0.5, 0.6) is 0 Å². The highest BCUT2D eigenvalue weighted by Crippen LogP contribution is 2.52. The van der Waals surface area contributed by atoms with Gasteiger partial charge in [-0.1, -0.05) is 117 Å². The third kappa shape index (κ3) is 4.49. The highest BCUT2D eigenvalue weighted by molar-refractivity contribution is 7.25. The molecule has 0 saturated heterocycles. The van der Waals surface area contributed by atoms with E-state index in [0.29, 0.717) is 17.5 Å². The van der Waals surface area contributed by atoms with Crippen molar-refractivity contribution in [1.82, 2.24) is 24.5 Å². The molecule has 0 fully saturated rings. The lowest BCUT2D eigenvalue weighted by Crippen LogP contribution is -2.18. The van der Waals surface area contributed by atoms with Gasteiger partial charge in [0.1, 0.15) is 5.65 Å². The average molecular weight is 698 g/mol. The van der Waals surface area contributed by atoms with E-state index in [1.807, 2.05) is 30.5 Å². The zero-order valence-corrected chi connectivity index (χ0v) is 29.9. The van der Waals surface area contributed by atoms with Crippen LogP contribution < -0.4 is 0 Å². The molecular weight excluding hydrogens is 667 g/mol. The minimum atomic E-state index is -0.311. The number of pyridine rings is 1. The molecule has 0 N–H and O–H groups in total. The van der Waals surface area contributed by atoms with Crippen LogP contribution in [0.25, 0.3) is 93.1 Å². The first-order valence-electron chi connectivity index (χ1n) is 17.9. The maximum atomic E-state index is 5.18. The summed E-state index contributed by atoms with van der Waals surface area (Å²) < 4.78 is 4.84. The molecular formula is C47H31N5S. The van der Waals surface area contributed by atoms with Crippen LogP contribution in [0, 0.1) is 0 Å². The van der Waals surface area contributed by atoms with Crippen molar-refractivity contribution in [3.8, 4) is 51.0 Å². The molecule has 53 heavy (non-hydrogen) atoms. The number of rotatable bonds is 4. The van der Waals surface area contributed by atoms with Gasteiger partial charge in [-0.25, -0.2) is 19.9 Å². The Balaban J connectivity index is 1.08. The molecule has 0 spiro atoms. The van der Waals surface area contributed by atoms with Gasteiger partial charge in [-0.05, 0) is 64.7 Å². The molecule has 4 aromatic heterocycles. The van der Waals surface area contributed by atoms with Gasteiger partial charge in [0.15, 0.2) is 17.5 Å². The van der Waals surface area contributed by atoms with Crippen molar-refractivity contribution in [2.45, 2.75) is 19.3 Å². The summed E-state index contributed by atoms with van der Waals surface area (Å²) in [6, 6.07) is 51.5. The van der Waals surface area contributed by atoms with E-state index in [4.69, 9.17) is 19.9 Å². The molecule has 5 nitrogen and oxygen atoms in total. The number of benzene rings is 6. The van der Waals surface area contributed by atoms with Crippen LogP contribution in [0.15, 0.2) is 152 Å². The minimum absolute atomic E-state index is 0.311. The molecule has 6 aromatic carbocycles. The van der Waals surface area contributed by atoms with Crippen molar-refractivity contribution < 1.29 is 0 Å². The summed E-state index contributed by atoms with van der Waals surface area (Å²) in [6.07, 6.45) is 1.89. The molecule has 4 heterocycles. The first-order chi connectivity index (χ1) is 26.0. The summed E-state index contributed by atoms with van der Waals surface area (Å²) in [5.41, 5.74) is 10.9. The summed E-state index contributed by atoms with van der Waals surface area (Å²) >= 11 is 1.80. The Bertz CT molecular complexity index is 3050. The molecule has 6 heteroatoms. The van der Waals surface area contributed by atoms with Crippen molar-refractivity contribution in [3.63, 3.8) is 0 Å². The number of hydrogen-bond acceptors (Lipinski definition) is 5. The second-order valence-corrected chi connectivity index (χ2v) is 15.4. The molecule has 10 aromatic rings. The summed E-state index contributed by atoms with van der Waals surface area (Å²) in [5.74, 6) is 1.98. The molecule has 1 aliphatic carbocycles. The fraction of sp³-hybridized carbons (Fsp3) is 0.0638. The predicted octanol–water partition coefficient (Wildman–Crippen LogP) is 12.0. The van der Waals surface area contributed by atoms with E-state index < -0.39 is 0 Å². The Kier molecular flexibility index (Phi) is 6.40. The van der Waals surface area contributed by atoms with Crippen LogP contribution in [-0.4, -0.2) is 24.5 Å². The maximum absolute atomic E-state index is 5.18. The van der Waals surface area contributed by atoms with E-state index in [0.717, 1.165) is 38.9 Å². The van der Waals surface area contributed by atoms with E-state index in [1.54, 1.807) is 11.3 Å². The quantitative estimate of drug-likeness (QED) is 0.184. The van der Waals surface area contributed by atoms with Crippen LogP contribution in [0.4, 0.5) is 0 Å². The molecule has 0 atom stereocenters. The fourth-order valence-corrected chi connectivity index (χ4v) is 9.58. The lowest BCUT2D eigenvalue weighted by Gasteiger charge is -2.25. The monoisotopic (exact) mass is 697 g/mol. The molecule has 0 saturated carbocycles. The molecule has 0 aliphatic heterocycles. The Morgan fingerprint density at radius 3 is 2.04 bits per heavy atom. The topological polar surface area (TPSA) is 56.5 Å². The van der Waals surface area contributed by atoms with Crippen LogP contribution in [0.3, 0.4) is 0 Å². The van der Waals surface area contributed by atoms with Crippen molar-refractivity contribution in [2.75, 3.05) is 0 Å².